The fourth-order valence-corrected chi connectivity index (χ4v) is 0.483. The van der Waals surface area contributed by atoms with Crippen LogP contribution in [0.1, 0.15) is 6.42 Å². The van der Waals surface area contributed by atoms with Crippen molar-refractivity contribution in [3.63, 3.8) is 0 Å². The van der Waals surface area contributed by atoms with Gasteiger partial charge in [-0.1, -0.05) is 5.22 Å². The molecule has 46 valence electrons. The van der Waals surface area contributed by atoms with Gasteiger partial charge in [0.25, 0.3) is 0 Å². The second-order valence-electron chi connectivity index (χ2n) is 1.50. The van der Waals surface area contributed by atoms with Gasteiger partial charge < -0.3 is 5.11 Å². The zero-order valence-electron chi connectivity index (χ0n) is 4.33. The van der Waals surface area contributed by atoms with Crippen molar-refractivity contribution in [2.45, 2.75) is 12.6 Å². The molecule has 0 aromatic heterocycles. The van der Waals surface area contributed by atoms with Crippen molar-refractivity contribution in [3.8, 4) is 0 Å². The van der Waals surface area contributed by atoms with Gasteiger partial charge in [-0.3, -0.25) is 0 Å². The van der Waals surface area contributed by atoms with Crippen molar-refractivity contribution in [3.05, 3.63) is 0 Å². The molecule has 0 aliphatic carbocycles. The molecule has 1 atom stereocenters. The Bertz CT molecular complexity index is 93.3. The summed E-state index contributed by atoms with van der Waals surface area (Å²) in [5.41, 5.74) is 5.17. The van der Waals surface area contributed by atoms with Crippen LogP contribution < -0.4 is 11.0 Å². The van der Waals surface area contributed by atoms with Crippen LogP contribution >= 0.6 is 0 Å². The van der Waals surface area contributed by atoms with Crippen LogP contribution in [-0.4, -0.2) is 17.9 Å². The summed E-state index contributed by atoms with van der Waals surface area (Å²) in [6.45, 7) is 0.137. The number of aliphatic hydroxyl groups is 1. The van der Waals surface area contributed by atoms with Crippen LogP contribution in [0.25, 0.3) is 0 Å². The lowest BCUT2D eigenvalue weighted by Crippen LogP contribution is -2.30. The lowest BCUT2D eigenvalue weighted by atomic mass is 10.4. The molecular weight excluding hydrogens is 108 g/mol. The summed E-state index contributed by atoms with van der Waals surface area (Å²) < 4.78 is 0. The van der Waals surface area contributed by atoms with Crippen LogP contribution in [-0.2, 0) is 0 Å². The van der Waals surface area contributed by atoms with Crippen molar-refractivity contribution in [2.75, 3.05) is 6.61 Å². The van der Waals surface area contributed by atoms with Gasteiger partial charge in [0.15, 0.2) is 0 Å². The van der Waals surface area contributed by atoms with E-state index in [1.807, 2.05) is 0 Å². The van der Waals surface area contributed by atoms with Crippen LogP contribution in [0.15, 0.2) is 10.3 Å². The largest absolute Gasteiger partial charge is 0.396 e. The SMILES string of the molecule is OCCC1N=NNN1. The summed E-state index contributed by atoms with van der Waals surface area (Å²) in [4.78, 5) is 0. The minimum Gasteiger partial charge on any atom is -0.396 e. The second kappa shape index (κ2) is 2.58. The predicted octanol–water partition coefficient (Wildman–Crippen LogP) is -0.830. The molecule has 0 saturated carbocycles. The Morgan fingerprint density at radius 1 is 1.62 bits per heavy atom. The topological polar surface area (TPSA) is 69.0 Å². The summed E-state index contributed by atoms with van der Waals surface area (Å²) >= 11 is 0. The van der Waals surface area contributed by atoms with Gasteiger partial charge in [0.1, 0.15) is 6.17 Å². The van der Waals surface area contributed by atoms with Crippen LogP contribution in [0.3, 0.4) is 0 Å². The monoisotopic (exact) mass is 116 g/mol. The van der Waals surface area contributed by atoms with Crippen LogP contribution in [0.2, 0.25) is 0 Å². The van der Waals surface area contributed by atoms with E-state index in [0.717, 1.165) is 0 Å². The molecule has 5 nitrogen and oxygen atoms in total. The Kier molecular flexibility index (Phi) is 1.76. The molecule has 1 aliphatic heterocycles. The van der Waals surface area contributed by atoms with Crippen molar-refractivity contribution in [1.29, 1.82) is 0 Å². The minimum atomic E-state index is -0.0417. The summed E-state index contributed by atoms with van der Waals surface area (Å²) in [6.07, 6.45) is 0.566. The number of rotatable bonds is 2. The molecule has 0 bridgehead atoms. The van der Waals surface area contributed by atoms with Gasteiger partial charge >= 0.3 is 0 Å². The molecule has 8 heavy (non-hydrogen) atoms. The Morgan fingerprint density at radius 2 is 2.50 bits per heavy atom. The Hall–Kier alpha value is -0.680. The third kappa shape index (κ3) is 1.14. The third-order valence-electron chi connectivity index (χ3n) is 0.881. The Morgan fingerprint density at radius 3 is 3.00 bits per heavy atom. The lowest BCUT2D eigenvalue weighted by molar-refractivity contribution is 0.268. The second-order valence-corrected chi connectivity index (χ2v) is 1.50. The first-order chi connectivity index (χ1) is 3.93. The van der Waals surface area contributed by atoms with Gasteiger partial charge in [-0.05, 0) is 0 Å². The maximum Gasteiger partial charge on any atom is 0.143 e. The standard InChI is InChI=1S/C3H8N4O/c8-2-1-3-4-6-7-5-3/h3,8H,1-2H2,(H,4,7)(H,5,6). The third-order valence-corrected chi connectivity index (χ3v) is 0.881. The molecule has 0 saturated heterocycles. The average molecular weight is 116 g/mol. The molecule has 0 aromatic rings. The normalized spacial score (nSPS) is 25.9. The summed E-state index contributed by atoms with van der Waals surface area (Å²) in [5, 5.41) is 15.5. The average Bonchev–Trinajstić information content (AvgIpc) is 2.19. The smallest absolute Gasteiger partial charge is 0.143 e. The fraction of sp³-hybridized carbons (Fsp3) is 1.00. The van der Waals surface area contributed by atoms with Crippen LogP contribution in [0.5, 0.6) is 0 Å². The lowest BCUT2D eigenvalue weighted by Gasteiger charge is -1.99. The number of nitrogens with zero attached hydrogens (tertiary/aromatic N) is 2. The fourth-order valence-electron chi connectivity index (χ4n) is 0.483. The zero-order chi connectivity index (χ0) is 5.82. The maximum atomic E-state index is 8.36. The Balaban J connectivity index is 2.16. The first kappa shape index (κ1) is 5.46. The van der Waals surface area contributed by atoms with E-state index in [1.165, 1.54) is 0 Å². The quantitative estimate of drug-likeness (QED) is 0.441. The summed E-state index contributed by atoms with van der Waals surface area (Å²) in [6, 6.07) is 0. The first-order valence-electron chi connectivity index (χ1n) is 2.44. The minimum absolute atomic E-state index is 0.0417. The molecule has 0 aromatic carbocycles. The molecular formula is C3H8N4O. The van der Waals surface area contributed by atoms with E-state index in [2.05, 4.69) is 21.3 Å². The highest BCUT2D eigenvalue weighted by Gasteiger charge is 2.07. The van der Waals surface area contributed by atoms with Crippen molar-refractivity contribution >= 4 is 0 Å². The van der Waals surface area contributed by atoms with Crippen LogP contribution in [0.4, 0.5) is 0 Å². The van der Waals surface area contributed by atoms with E-state index in [-0.39, 0.29) is 12.8 Å². The van der Waals surface area contributed by atoms with E-state index < -0.39 is 0 Å². The summed E-state index contributed by atoms with van der Waals surface area (Å²) in [5.74, 6) is 0. The van der Waals surface area contributed by atoms with Gasteiger partial charge in [0.2, 0.25) is 0 Å². The van der Waals surface area contributed by atoms with Crippen molar-refractivity contribution in [1.82, 2.24) is 11.0 Å². The van der Waals surface area contributed by atoms with E-state index in [1.54, 1.807) is 0 Å². The molecule has 1 aliphatic rings. The maximum absolute atomic E-state index is 8.36. The summed E-state index contributed by atoms with van der Waals surface area (Å²) in [7, 11) is 0. The molecule has 1 unspecified atom stereocenters. The Labute approximate surface area is 46.7 Å². The molecule has 0 spiro atoms. The molecule has 0 fully saturated rings. The van der Waals surface area contributed by atoms with Crippen molar-refractivity contribution < 1.29 is 5.11 Å². The van der Waals surface area contributed by atoms with Gasteiger partial charge in [0, 0.05) is 13.0 Å². The number of aliphatic hydroxyl groups excluding tert-OH is 1. The number of nitrogens with one attached hydrogen (secondary N) is 2. The molecule has 3 N–H and O–H groups in total. The van der Waals surface area contributed by atoms with Gasteiger partial charge in [-0.15, -0.1) is 5.11 Å². The molecule has 5 heteroatoms. The van der Waals surface area contributed by atoms with Crippen molar-refractivity contribution in [2.24, 2.45) is 10.3 Å². The van der Waals surface area contributed by atoms with E-state index >= 15 is 0 Å². The van der Waals surface area contributed by atoms with Crippen LogP contribution in [0, 0.1) is 0 Å². The van der Waals surface area contributed by atoms with Gasteiger partial charge in [-0.2, -0.15) is 5.43 Å². The van der Waals surface area contributed by atoms with E-state index in [9.17, 15) is 0 Å². The first-order valence-corrected chi connectivity index (χ1v) is 2.44. The highest BCUT2D eigenvalue weighted by molar-refractivity contribution is 4.59. The molecule has 1 heterocycles. The van der Waals surface area contributed by atoms with Gasteiger partial charge in [-0.25, -0.2) is 5.53 Å². The number of hydrazine groups is 1. The van der Waals surface area contributed by atoms with E-state index in [4.69, 9.17) is 5.11 Å². The molecule has 0 amide bonds. The van der Waals surface area contributed by atoms with E-state index in [0.29, 0.717) is 6.42 Å². The zero-order valence-corrected chi connectivity index (χ0v) is 4.33. The number of hydrogen-bond acceptors (Lipinski definition) is 5. The highest BCUT2D eigenvalue weighted by Crippen LogP contribution is 1.95. The predicted molar refractivity (Wildman–Crippen MR) is 26.6 cm³/mol. The molecule has 1 rings (SSSR count). The van der Waals surface area contributed by atoms with Gasteiger partial charge in [0.05, 0.1) is 0 Å². The molecule has 0 radical (unpaired) electrons. The highest BCUT2D eigenvalue weighted by atomic mass is 16.3. The number of hydrogen-bond donors (Lipinski definition) is 3.